The van der Waals surface area contributed by atoms with E-state index >= 15 is 0 Å². The summed E-state index contributed by atoms with van der Waals surface area (Å²) in [5, 5.41) is 0.552. The molecular weight excluding hydrogens is 454 g/mol. The molecule has 0 bridgehead atoms. The average Bonchev–Trinajstić information content (AvgIpc) is 2.93. The standard InChI is InChI=1S/C29H37N3O4/c1-4-26(31(19-10-20-35-2)28(33)21-11-6-5-7-12-21)27-30-25-14-9-8-13-24(25)29(34)32(27)22-15-17-23(36-3)18-16-22/h8-9,13-18,21,26H,4-7,10-12,19-20H2,1-3H3. The Morgan fingerprint density at radius 3 is 2.47 bits per heavy atom. The van der Waals surface area contributed by atoms with E-state index in [1.54, 1.807) is 24.9 Å². The molecule has 0 spiro atoms. The molecule has 1 fully saturated rings. The molecule has 3 aromatic rings. The molecule has 7 nitrogen and oxygen atoms in total. The minimum Gasteiger partial charge on any atom is -0.497 e. The highest BCUT2D eigenvalue weighted by atomic mass is 16.5. The van der Waals surface area contributed by atoms with Crippen LogP contribution in [0.5, 0.6) is 5.75 Å². The van der Waals surface area contributed by atoms with Gasteiger partial charge in [0.25, 0.3) is 5.56 Å². The number of amides is 1. The lowest BCUT2D eigenvalue weighted by Gasteiger charge is -2.36. The van der Waals surface area contributed by atoms with E-state index in [9.17, 15) is 9.59 Å². The molecule has 4 rings (SSSR count). The van der Waals surface area contributed by atoms with E-state index in [2.05, 4.69) is 6.92 Å². The fourth-order valence-electron chi connectivity index (χ4n) is 5.28. The zero-order valence-corrected chi connectivity index (χ0v) is 21.6. The van der Waals surface area contributed by atoms with Gasteiger partial charge in [0.15, 0.2) is 0 Å². The highest BCUT2D eigenvalue weighted by molar-refractivity contribution is 5.80. The van der Waals surface area contributed by atoms with Crippen LogP contribution in [0.25, 0.3) is 16.6 Å². The van der Waals surface area contributed by atoms with E-state index in [1.807, 2.05) is 47.4 Å². The molecule has 1 saturated carbocycles. The third-order valence-corrected chi connectivity index (χ3v) is 7.18. The normalized spacial score (nSPS) is 15.1. The molecule has 7 heteroatoms. The number of aromatic nitrogens is 2. The van der Waals surface area contributed by atoms with Crippen LogP contribution in [0.15, 0.2) is 53.3 Å². The molecule has 1 aliphatic rings. The van der Waals surface area contributed by atoms with E-state index in [-0.39, 0.29) is 23.4 Å². The summed E-state index contributed by atoms with van der Waals surface area (Å²) in [6, 6.07) is 14.5. The lowest BCUT2D eigenvalue weighted by Crippen LogP contribution is -2.42. The van der Waals surface area contributed by atoms with Crippen molar-refractivity contribution in [2.45, 2.75) is 57.9 Å². The first kappa shape index (κ1) is 25.9. The van der Waals surface area contributed by atoms with Crippen LogP contribution in [0.2, 0.25) is 0 Å². The Bertz CT molecular complexity index is 1220. The van der Waals surface area contributed by atoms with Gasteiger partial charge in [-0.05, 0) is 62.1 Å². The summed E-state index contributed by atoms with van der Waals surface area (Å²) in [7, 11) is 3.29. The molecule has 36 heavy (non-hydrogen) atoms. The average molecular weight is 492 g/mol. The summed E-state index contributed by atoms with van der Waals surface area (Å²) >= 11 is 0. The molecule has 2 aromatic carbocycles. The van der Waals surface area contributed by atoms with Crippen molar-refractivity contribution in [1.29, 1.82) is 0 Å². The number of hydrogen-bond acceptors (Lipinski definition) is 5. The molecule has 1 heterocycles. The number of hydrogen-bond donors (Lipinski definition) is 0. The van der Waals surface area contributed by atoms with Gasteiger partial charge in [-0.1, -0.05) is 38.3 Å². The smallest absolute Gasteiger partial charge is 0.266 e. The first-order valence-electron chi connectivity index (χ1n) is 13.0. The van der Waals surface area contributed by atoms with Crippen molar-refractivity contribution in [2.24, 2.45) is 5.92 Å². The lowest BCUT2D eigenvalue weighted by molar-refractivity contribution is -0.139. The van der Waals surface area contributed by atoms with Crippen molar-refractivity contribution in [1.82, 2.24) is 14.5 Å². The molecule has 0 saturated heterocycles. The van der Waals surface area contributed by atoms with E-state index < -0.39 is 0 Å². The third kappa shape index (κ3) is 5.46. The molecule has 1 unspecified atom stereocenters. The predicted molar refractivity (Wildman–Crippen MR) is 142 cm³/mol. The molecular formula is C29H37N3O4. The number of methoxy groups -OCH3 is 2. The predicted octanol–water partition coefficient (Wildman–Crippen LogP) is 5.29. The van der Waals surface area contributed by atoms with Crippen LogP contribution in [0.4, 0.5) is 0 Å². The Balaban J connectivity index is 1.86. The number of rotatable bonds is 10. The molecule has 1 aliphatic carbocycles. The van der Waals surface area contributed by atoms with Gasteiger partial charge in [-0.15, -0.1) is 0 Å². The molecule has 1 atom stereocenters. The minimum absolute atomic E-state index is 0.0250. The number of benzene rings is 2. The number of carbonyl (C=O) groups excluding carboxylic acids is 1. The largest absolute Gasteiger partial charge is 0.497 e. The minimum atomic E-state index is -0.337. The molecule has 192 valence electrons. The Hall–Kier alpha value is -3.19. The van der Waals surface area contributed by atoms with Crippen molar-refractivity contribution in [3.63, 3.8) is 0 Å². The Morgan fingerprint density at radius 2 is 1.81 bits per heavy atom. The summed E-state index contributed by atoms with van der Waals surface area (Å²) < 4.78 is 12.3. The van der Waals surface area contributed by atoms with Gasteiger partial charge in [0.1, 0.15) is 11.6 Å². The maximum atomic E-state index is 13.9. The highest BCUT2D eigenvalue weighted by Gasteiger charge is 2.33. The van der Waals surface area contributed by atoms with Crippen LogP contribution >= 0.6 is 0 Å². The summed E-state index contributed by atoms with van der Waals surface area (Å²) in [5.74, 6) is 1.49. The second-order valence-corrected chi connectivity index (χ2v) is 9.46. The summed E-state index contributed by atoms with van der Waals surface area (Å²) in [6.07, 6.45) is 6.58. The van der Waals surface area contributed by atoms with Gasteiger partial charge in [0.05, 0.1) is 29.7 Å². The monoisotopic (exact) mass is 491 g/mol. The van der Waals surface area contributed by atoms with Crippen molar-refractivity contribution >= 4 is 16.8 Å². The zero-order chi connectivity index (χ0) is 25.5. The van der Waals surface area contributed by atoms with Crippen LogP contribution in [0.1, 0.15) is 63.7 Å². The molecule has 0 N–H and O–H groups in total. The fourth-order valence-corrected chi connectivity index (χ4v) is 5.28. The number of para-hydroxylation sites is 1. The van der Waals surface area contributed by atoms with E-state index in [0.717, 1.165) is 32.1 Å². The Labute approximate surface area is 213 Å². The fraction of sp³-hybridized carbons (Fsp3) is 0.483. The molecule has 0 aliphatic heterocycles. The van der Waals surface area contributed by atoms with Gasteiger partial charge in [0, 0.05) is 26.2 Å². The van der Waals surface area contributed by atoms with Gasteiger partial charge in [-0.2, -0.15) is 0 Å². The molecule has 1 amide bonds. The van der Waals surface area contributed by atoms with Gasteiger partial charge >= 0.3 is 0 Å². The van der Waals surface area contributed by atoms with Crippen LogP contribution < -0.4 is 10.3 Å². The highest BCUT2D eigenvalue weighted by Crippen LogP contribution is 2.32. The number of carbonyl (C=O) groups is 1. The second kappa shape index (κ2) is 12.2. The third-order valence-electron chi connectivity index (χ3n) is 7.18. The maximum absolute atomic E-state index is 13.9. The van der Waals surface area contributed by atoms with Gasteiger partial charge in [0.2, 0.25) is 5.91 Å². The lowest BCUT2D eigenvalue weighted by atomic mass is 9.87. The van der Waals surface area contributed by atoms with Crippen molar-refractivity contribution < 1.29 is 14.3 Å². The number of fused-ring (bicyclic) bond motifs is 1. The summed E-state index contributed by atoms with van der Waals surface area (Å²) in [4.78, 5) is 34.7. The van der Waals surface area contributed by atoms with Gasteiger partial charge in [-0.3, -0.25) is 14.2 Å². The first-order chi connectivity index (χ1) is 17.6. The number of nitrogens with zero attached hydrogens (tertiary/aromatic N) is 3. The quantitative estimate of drug-likeness (QED) is 0.360. The van der Waals surface area contributed by atoms with E-state index in [0.29, 0.717) is 47.7 Å². The van der Waals surface area contributed by atoms with Gasteiger partial charge < -0.3 is 14.4 Å². The van der Waals surface area contributed by atoms with Crippen molar-refractivity contribution in [3.05, 3.63) is 64.7 Å². The van der Waals surface area contributed by atoms with E-state index in [1.165, 1.54) is 6.42 Å². The zero-order valence-electron chi connectivity index (χ0n) is 21.6. The van der Waals surface area contributed by atoms with Crippen molar-refractivity contribution in [2.75, 3.05) is 27.4 Å². The van der Waals surface area contributed by atoms with Crippen LogP contribution in [0, 0.1) is 5.92 Å². The molecule has 1 aromatic heterocycles. The van der Waals surface area contributed by atoms with Gasteiger partial charge in [-0.25, -0.2) is 4.98 Å². The Kier molecular flexibility index (Phi) is 8.75. The Morgan fingerprint density at radius 1 is 1.08 bits per heavy atom. The summed E-state index contributed by atoms with van der Waals surface area (Å²) in [6.45, 7) is 3.19. The van der Waals surface area contributed by atoms with Crippen molar-refractivity contribution in [3.8, 4) is 11.4 Å². The second-order valence-electron chi connectivity index (χ2n) is 9.46. The SMILES string of the molecule is CCC(c1nc2ccccc2c(=O)n1-c1ccc(OC)cc1)N(CCCOC)C(=O)C1CCCCC1. The van der Waals surface area contributed by atoms with Crippen LogP contribution in [-0.2, 0) is 9.53 Å². The maximum Gasteiger partial charge on any atom is 0.266 e. The number of ether oxygens (including phenoxy) is 2. The molecule has 0 radical (unpaired) electrons. The van der Waals surface area contributed by atoms with Crippen LogP contribution in [-0.4, -0.2) is 47.7 Å². The first-order valence-corrected chi connectivity index (χ1v) is 13.0. The summed E-state index contributed by atoms with van der Waals surface area (Å²) in [5.41, 5.74) is 1.21. The van der Waals surface area contributed by atoms with Crippen LogP contribution in [0.3, 0.4) is 0 Å². The van der Waals surface area contributed by atoms with E-state index in [4.69, 9.17) is 14.5 Å². The topological polar surface area (TPSA) is 73.7 Å².